The van der Waals surface area contributed by atoms with Crippen molar-refractivity contribution in [3.8, 4) is 5.75 Å². The minimum absolute atomic E-state index is 0.115. The standard InChI is InChI=1S/C30H36N4O3/c1-21(2)23-12-14-24(15-13-23)28(29(35)33-25-9-5-4-6-10-25)34(30(36)27-19-31-16-17-32-27)20-22-8-7-11-26(18-22)37-3/h7-8,11-19,21,25,28H,4-6,9-10,20H2,1-3H3,(H,33,35). The molecule has 1 heterocycles. The van der Waals surface area contributed by atoms with Gasteiger partial charge in [0.25, 0.3) is 5.91 Å². The first kappa shape index (κ1) is 26.3. The maximum absolute atomic E-state index is 14.0. The van der Waals surface area contributed by atoms with Crippen LogP contribution in [-0.4, -0.2) is 39.8 Å². The summed E-state index contributed by atoms with van der Waals surface area (Å²) in [6, 6.07) is 14.8. The van der Waals surface area contributed by atoms with E-state index in [-0.39, 0.29) is 30.1 Å². The van der Waals surface area contributed by atoms with E-state index in [1.807, 2.05) is 48.5 Å². The van der Waals surface area contributed by atoms with Crippen LogP contribution in [0.25, 0.3) is 0 Å². The van der Waals surface area contributed by atoms with Gasteiger partial charge in [-0.2, -0.15) is 0 Å². The molecular weight excluding hydrogens is 464 g/mol. The summed E-state index contributed by atoms with van der Waals surface area (Å²) in [5.41, 5.74) is 2.98. The van der Waals surface area contributed by atoms with Crippen molar-refractivity contribution >= 4 is 11.8 Å². The highest BCUT2D eigenvalue weighted by Gasteiger charge is 2.34. The molecule has 4 rings (SSSR count). The number of aromatic nitrogens is 2. The molecule has 1 atom stereocenters. The Kier molecular flexibility index (Phi) is 8.88. The van der Waals surface area contributed by atoms with Crippen molar-refractivity contribution in [2.75, 3.05) is 7.11 Å². The third-order valence-electron chi connectivity index (χ3n) is 6.96. The number of nitrogens with one attached hydrogen (secondary N) is 1. The Bertz CT molecular complexity index is 1170. The Hall–Kier alpha value is -3.74. The third kappa shape index (κ3) is 6.73. The Morgan fingerprint density at radius 3 is 2.41 bits per heavy atom. The average molecular weight is 501 g/mol. The van der Waals surface area contributed by atoms with Crippen molar-refractivity contribution < 1.29 is 14.3 Å². The summed E-state index contributed by atoms with van der Waals surface area (Å²) in [5.74, 6) is 0.517. The Balaban J connectivity index is 1.76. The molecule has 1 aromatic heterocycles. The van der Waals surface area contributed by atoms with E-state index in [9.17, 15) is 9.59 Å². The molecule has 2 amide bonds. The van der Waals surface area contributed by atoms with Gasteiger partial charge in [-0.25, -0.2) is 4.98 Å². The topological polar surface area (TPSA) is 84.4 Å². The van der Waals surface area contributed by atoms with Crippen LogP contribution in [0.4, 0.5) is 0 Å². The summed E-state index contributed by atoms with van der Waals surface area (Å²) in [5, 5.41) is 3.26. The second kappa shape index (κ2) is 12.5. The first-order valence-electron chi connectivity index (χ1n) is 13.1. The molecule has 0 bridgehead atoms. The van der Waals surface area contributed by atoms with Gasteiger partial charge in [0.2, 0.25) is 5.91 Å². The molecule has 3 aromatic rings. The fourth-order valence-corrected chi connectivity index (χ4v) is 4.87. The van der Waals surface area contributed by atoms with Gasteiger partial charge in [-0.1, -0.05) is 69.5 Å². The van der Waals surface area contributed by atoms with Crippen LogP contribution in [0.2, 0.25) is 0 Å². The van der Waals surface area contributed by atoms with Crippen LogP contribution in [0.5, 0.6) is 5.75 Å². The number of nitrogens with zero attached hydrogens (tertiary/aromatic N) is 3. The number of hydrogen-bond acceptors (Lipinski definition) is 5. The van der Waals surface area contributed by atoms with Gasteiger partial charge in [0.05, 0.1) is 13.3 Å². The third-order valence-corrected chi connectivity index (χ3v) is 6.96. The molecular formula is C30H36N4O3. The quantitative estimate of drug-likeness (QED) is 0.423. The van der Waals surface area contributed by atoms with E-state index in [2.05, 4.69) is 29.1 Å². The van der Waals surface area contributed by atoms with Gasteiger partial charge in [0, 0.05) is 25.0 Å². The van der Waals surface area contributed by atoms with E-state index in [0.717, 1.165) is 36.8 Å². The number of ether oxygens (including phenoxy) is 1. The van der Waals surface area contributed by atoms with Crippen molar-refractivity contribution in [1.29, 1.82) is 0 Å². The van der Waals surface area contributed by atoms with Gasteiger partial charge in [-0.05, 0) is 47.6 Å². The lowest BCUT2D eigenvalue weighted by atomic mass is 9.94. The van der Waals surface area contributed by atoms with Gasteiger partial charge < -0.3 is 15.0 Å². The first-order valence-corrected chi connectivity index (χ1v) is 13.1. The van der Waals surface area contributed by atoms with Gasteiger partial charge >= 0.3 is 0 Å². The van der Waals surface area contributed by atoms with Crippen LogP contribution >= 0.6 is 0 Å². The summed E-state index contributed by atoms with van der Waals surface area (Å²) >= 11 is 0. The SMILES string of the molecule is COc1cccc(CN(C(=O)c2cnccn2)C(C(=O)NC2CCCCC2)c2ccc(C(C)C)cc2)c1. The Labute approximate surface area is 219 Å². The van der Waals surface area contributed by atoms with Crippen molar-refractivity contribution in [3.63, 3.8) is 0 Å². The monoisotopic (exact) mass is 500 g/mol. The molecule has 7 nitrogen and oxygen atoms in total. The van der Waals surface area contributed by atoms with Crippen LogP contribution in [0.15, 0.2) is 67.1 Å². The van der Waals surface area contributed by atoms with Crippen molar-refractivity contribution in [2.45, 2.75) is 70.5 Å². The van der Waals surface area contributed by atoms with E-state index in [0.29, 0.717) is 11.7 Å². The fourth-order valence-electron chi connectivity index (χ4n) is 4.87. The molecule has 1 saturated carbocycles. The van der Waals surface area contributed by atoms with Crippen LogP contribution in [0, 0.1) is 0 Å². The summed E-state index contributed by atoms with van der Waals surface area (Å²) in [6.45, 7) is 4.48. The lowest BCUT2D eigenvalue weighted by Gasteiger charge is -2.33. The molecule has 7 heteroatoms. The van der Waals surface area contributed by atoms with E-state index < -0.39 is 6.04 Å². The zero-order chi connectivity index (χ0) is 26.2. The molecule has 0 aliphatic heterocycles. The van der Waals surface area contributed by atoms with Crippen LogP contribution < -0.4 is 10.1 Å². The number of rotatable bonds is 9. The molecule has 0 spiro atoms. The predicted octanol–water partition coefficient (Wildman–Crippen LogP) is 5.44. The zero-order valence-electron chi connectivity index (χ0n) is 21.9. The zero-order valence-corrected chi connectivity index (χ0v) is 21.9. The molecule has 0 radical (unpaired) electrons. The lowest BCUT2D eigenvalue weighted by molar-refractivity contribution is -0.127. The largest absolute Gasteiger partial charge is 0.497 e. The van der Waals surface area contributed by atoms with Crippen molar-refractivity contribution in [2.24, 2.45) is 0 Å². The molecule has 1 aliphatic carbocycles. The second-order valence-corrected chi connectivity index (χ2v) is 9.94. The molecule has 1 N–H and O–H groups in total. The van der Waals surface area contributed by atoms with E-state index in [1.165, 1.54) is 30.6 Å². The molecule has 37 heavy (non-hydrogen) atoms. The fraction of sp³-hybridized carbons (Fsp3) is 0.400. The number of carbonyl (C=O) groups is 2. The number of methoxy groups -OCH3 is 1. The maximum atomic E-state index is 14.0. The molecule has 194 valence electrons. The van der Waals surface area contributed by atoms with Crippen LogP contribution in [0.3, 0.4) is 0 Å². The lowest BCUT2D eigenvalue weighted by Crippen LogP contribution is -2.47. The van der Waals surface area contributed by atoms with Gasteiger partial charge in [-0.3, -0.25) is 14.6 Å². The summed E-state index contributed by atoms with van der Waals surface area (Å²) in [4.78, 5) is 37.8. The molecule has 2 aromatic carbocycles. The van der Waals surface area contributed by atoms with Crippen LogP contribution in [0.1, 0.15) is 85.1 Å². The molecule has 1 unspecified atom stereocenters. The van der Waals surface area contributed by atoms with Gasteiger partial charge in [0.1, 0.15) is 17.5 Å². The van der Waals surface area contributed by atoms with Crippen molar-refractivity contribution in [1.82, 2.24) is 20.2 Å². The summed E-state index contributed by atoms with van der Waals surface area (Å²) in [6.07, 6.45) is 9.78. The normalized spacial score (nSPS) is 14.7. The van der Waals surface area contributed by atoms with Crippen molar-refractivity contribution in [3.05, 3.63) is 89.5 Å². The number of amides is 2. The molecule has 1 fully saturated rings. The summed E-state index contributed by atoms with van der Waals surface area (Å²) < 4.78 is 5.41. The molecule has 0 saturated heterocycles. The smallest absolute Gasteiger partial charge is 0.275 e. The highest BCUT2D eigenvalue weighted by atomic mass is 16.5. The van der Waals surface area contributed by atoms with E-state index in [1.54, 1.807) is 12.0 Å². The van der Waals surface area contributed by atoms with E-state index in [4.69, 9.17) is 4.74 Å². The highest BCUT2D eigenvalue weighted by Crippen LogP contribution is 2.29. The number of carbonyl (C=O) groups excluding carboxylic acids is 2. The Morgan fingerprint density at radius 1 is 1.03 bits per heavy atom. The molecule has 1 aliphatic rings. The average Bonchev–Trinajstić information content (AvgIpc) is 2.93. The first-order chi connectivity index (χ1) is 18.0. The Morgan fingerprint density at radius 2 is 1.76 bits per heavy atom. The summed E-state index contributed by atoms with van der Waals surface area (Å²) in [7, 11) is 1.61. The van der Waals surface area contributed by atoms with Crippen LogP contribution in [-0.2, 0) is 11.3 Å². The second-order valence-electron chi connectivity index (χ2n) is 9.94. The maximum Gasteiger partial charge on any atom is 0.275 e. The van der Waals surface area contributed by atoms with Gasteiger partial charge in [-0.15, -0.1) is 0 Å². The highest BCUT2D eigenvalue weighted by molar-refractivity contribution is 5.96. The van der Waals surface area contributed by atoms with E-state index >= 15 is 0 Å². The number of benzene rings is 2. The number of hydrogen-bond donors (Lipinski definition) is 1. The minimum atomic E-state index is -0.830. The van der Waals surface area contributed by atoms with Gasteiger partial charge in [0.15, 0.2) is 0 Å². The minimum Gasteiger partial charge on any atom is -0.497 e. The predicted molar refractivity (Wildman–Crippen MR) is 143 cm³/mol.